The maximum atomic E-state index is 12.0. The van der Waals surface area contributed by atoms with Crippen LogP contribution in [-0.2, 0) is 13.0 Å². The summed E-state index contributed by atoms with van der Waals surface area (Å²) in [6.45, 7) is 9.29. The SMILES string of the molecule is CCc1nncn1CCNC(=O)N(CC)CC(C)(C)O. The van der Waals surface area contributed by atoms with E-state index in [9.17, 15) is 9.90 Å². The van der Waals surface area contributed by atoms with Gasteiger partial charge in [-0.25, -0.2) is 4.79 Å². The predicted octanol–water partition coefficient (Wildman–Crippen LogP) is 0.643. The van der Waals surface area contributed by atoms with Gasteiger partial charge in [0.15, 0.2) is 0 Å². The molecule has 1 aromatic heterocycles. The van der Waals surface area contributed by atoms with Gasteiger partial charge in [0.1, 0.15) is 12.2 Å². The van der Waals surface area contributed by atoms with Crippen LogP contribution >= 0.6 is 0 Å². The molecule has 1 aromatic rings. The van der Waals surface area contributed by atoms with Gasteiger partial charge in [0.05, 0.1) is 12.1 Å². The summed E-state index contributed by atoms with van der Waals surface area (Å²) in [5.74, 6) is 0.906. The van der Waals surface area contributed by atoms with Gasteiger partial charge in [0.25, 0.3) is 0 Å². The molecule has 0 fully saturated rings. The molecule has 2 amide bonds. The highest BCUT2D eigenvalue weighted by Crippen LogP contribution is 2.04. The number of amides is 2. The molecule has 1 heterocycles. The fourth-order valence-electron chi connectivity index (χ4n) is 1.93. The van der Waals surface area contributed by atoms with E-state index in [1.54, 1.807) is 25.1 Å². The van der Waals surface area contributed by atoms with Crippen molar-refractivity contribution in [2.24, 2.45) is 0 Å². The summed E-state index contributed by atoms with van der Waals surface area (Å²) in [5.41, 5.74) is -0.892. The van der Waals surface area contributed by atoms with E-state index in [-0.39, 0.29) is 6.03 Å². The van der Waals surface area contributed by atoms with Crippen molar-refractivity contribution >= 4 is 6.03 Å². The van der Waals surface area contributed by atoms with Gasteiger partial charge in [-0.3, -0.25) is 0 Å². The van der Waals surface area contributed by atoms with Crippen LogP contribution in [0.2, 0.25) is 0 Å². The zero-order chi connectivity index (χ0) is 15.2. The standard InChI is InChI=1S/C13H25N5O2/c1-5-11-16-15-10-18(11)8-7-14-12(19)17(6-2)9-13(3,4)20/h10,20H,5-9H2,1-4H3,(H,14,19). The lowest BCUT2D eigenvalue weighted by Crippen LogP contribution is -2.47. The minimum atomic E-state index is -0.892. The third-order valence-corrected chi connectivity index (χ3v) is 2.89. The highest BCUT2D eigenvalue weighted by Gasteiger charge is 2.20. The van der Waals surface area contributed by atoms with Crippen LogP contribution in [0.25, 0.3) is 0 Å². The van der Waals surface area contributed by atoms with E-state index in [2.05, 4.69) is 15.5 Å². The van der Waals surface area contributed by atoms with Crippen LogP contribution in [-0.4, -0.2) is 56.0 Å². The summed E-state index contributed by atoms with van der Waals surface area (Å²) in [6.07, 6.45) is 2.48. The molecule has 0 unspecified atom stereocenters. The molecule has 7 nitrogen and oxygen atoms in total. The smallest absolute Gasteiger partial charge is 0.317 e. The molecule has 0 radical (unpaired) electrons. The Morgan fingerprint density at radius 3 is 2.75 bits per heavy atom. The van der Waals surface area contributed by atoms with Crippen molar-refractivity contribution in [3.63, 3.8) is 0 Å². The molecule has 0 aliphatic rings. The summed E-state index contributed by atoms with van der Waals surface area (Å²) < 4.78 is 1.92. The number of nitrogens with zero attached hydrogens (tertiary/aromatic N) is 4. The molecule has 0 saturated carbocycles. The molecule has 0 atom stereocenters. The van der Waals surface area contributed by atoms with E-state index in [0.29, 0.717) is 26.2 Å². The van der Waals surface area contributed by atoms with Gasteiger partial charge in [-0.2, -0.15) is 0 Å². The quantitative estimate of drug-likeness (QED) is 0.769. The van der Waals surface area contributed by atoms with Gasteiger partial charge in [-0.15, -0.1) is 10.2 Å². The van der Waals surface area contributed by atoms with Crippen LogP contribution in [0.5, 0.6) is 0 Å². The number of aliphatic hydroxyl groups is 1. The first-order valence-electron chi connectivity index (χ1n) is 6.99. The fraction of sp³-hybridized carbons (Fsp3) is 0.769. The Morgan fingerprint density at radius 1 is 1.50 bits per heavy atom. The second-order valence-electron chi connectivity index (χ2n) is 5.35. The molecule has 0 aliphatic heterocycles. The average molecular weight is 283 g/mol. The number of hydrogen-bond acceptors (Lipinski definition) is 4. The van der Waals surface area contributed by atoms with E-state index in [4.69, 9.17) is 0 Å². The average Bonchev–Trinajstić information content (AvgIpc) is 2.82. The maximum absolute atomic E-state index is 12.0. The molecule has 0 saturated heterocycles. The zero-order valence-electron chi connectivity index (χ0n) is 12.8. The molecule has 7 heteroatoms. The third kappa shape index (κ3) is 5.16. The number of urea groups is 1. The van der Waals surface area contributed by atoms with Gasteiger partial charge in [0, 0.05) is 26.1 Å². The van der Waals surface area contributed by atoms with Crippen molar-refractivity contribution in [1.29, 1.82) is 0 Å². The highest BCUT2D eigenvalue weighted by molar-refractivity contribution is 5.74. The van der Waals surface area contributed by atoms with Crippen LogP contribution in [0.3, 0.4) is 0 Å². The Bertz CT molecular complexity index is 425. The van der Waals surface area contributed by atoms with E-state index in [0.717, 1.165) is 12.2 Å². The van der Waals surface area contributed by atoms with E-state index in [1.807, 2.05) is 18.4 Å². The lowest BCUT2D eigenvalue weighted by Gasteiger charge is -2.28. The van der Waals surface area contributed by atoms with Crippen molar-refractivity contribution in [2.45, 2.75) is 46.3 Å². The summed E-state index contributed by atoms with van der Waals surface area (Å²) in [7, 11) is 0. The predicted molar refractivity (Wildman–Crippen MR) is 76.3 cm³/mol. The molecular formula is C13H25N5O2. The summed E-state index contributed by atoms with van der Waals surface area (Å²) >= 11 is 0. The molecule has 0 aromatic carbocycles. The molecule has 114 valence electrons. The number of rotatable bonds is 7. The Morgan fingerprint density at radius 2 is 2.20 bits per heavy atom. The van der Waals surface area contributed by atoms with Gasteiger partial charge in [-0.05, 0) is 20.8 Å². The lowest BCUT2D eigenvalue weighted by molar-refractivity contribution is 0.0480. The van der Waals surface area contributed by atoms with E-state index in [1.165, 1.54) is 0 Å². The van der Waals surface area contributed by atoms with Crippen molar-refractivity contribution in [3.05, 3.63) is 12.2 Å². The van der Waals surface area contributed by atoms with Crippen LogP contribution in [0.1, 0.15) is 33.5 Å². The van der Waals surface area contributed by atoms with Crippen LogP contribution in [0, 0.1) is 0 Å². The van der Waals surface area contributed by atoms with Crippen LogP contribution in [0.15, 0.2) is 6.33 Å². The third-order valence-electron chi connectivity index (χ3n) is 2.89. The first-order chi connectivity index (χ1) is 9.37. The van der Waals surface area contributed by atoms with Gasteiger partial charge >= 0.3 is 6.03 Å². The maximum Gasteiger partial charge on any atom is 0.317 e. The molecule has 0 aliphatic carbocycles. The summed E-state index contributed by atoms with van der Waals surface area (Å²) in [6, 6.07) is -0.166. The van der Waals surface area contributed by atoms with E-state index < -0.39 is 5.60 Å². The van der Waals surface area contributed by atoms with Gasteiger partial charge in [0.2, 0.25) is 0 Å². The number of hydrogen-bond donors (Lipinski definition) is 2. The number of nitrogens with one attached hydrogen (secondary N) is 1. The van der Waals surface area contributed by atoms with E-state index >= 15 is 0 Å². The highest BCUT2D eigenvalue weighted by atomic mass is 16.3. The number of aryl methyl sites for hydroxylation is 1. The van der Waals surface area contributed by atoms with Crippen LogP contribution < -0.4 is 5.32 Å². The monoisotopic (exact) mass is 283 g/mol. The Hall–Kier alpha value is -1.63. The first kappa shape index (κ1) is 16.4. The Kier molecular flexibility index (Phi) is 5.94. The number of carbonyl (C=O) groups excluding carboxylic acids is 1. The van der Waals surface area contributed by atoms with Gasteiger partial charge in [-0.1, -0.05) is 6.92 Å². The fourth-order valence-corrected chi connectivity index (χ4v) is 1.93. The van der Waals surface area contributed by atoms with Crippen LogP contribution in [0.4, 0.5) is 4.79 Å². The number of likely N-dealkylation sites (N-methyl/N-ethyl adjacent to an activating group) is 1. The minimum Gasteiger partial charge on any atom is -0.389 e. The van der Waals surface area contributed by atoms with Gasteiger partial charge < -0.3 is 19.9 Å². The minimum absolute atomic E-state index is 0.166. The Balaban J connectivity index is 2.42. The molecule has 20 heavy (non-hydrogen) atoms. The molecule has 0 spiro atoms. The Labute approximate surface area is 120 Å². The number of aromatic nitrogens is 3. The zero-order valence-corrected chi connectivity index (χ0v) is 12.8. The topological polar surface area (TPSA) is 83.3 Å². The van der Waals surface area contributed by atoms with Crippen molar-refractivity contribution in [1.82, 2.24) is 25.0 Å². The largest absolute Gasteiger partial charge is 0.389 e. The summed E-state index contributed by atoms with van der Waals surface area (Å²) in [5, 5.41) is 20.5. The number of carbonyl (C=O) groups is 1. The molecular weight excluding hydrogens is 258 g/mol. The van der Waals surface area contributed by atoms with Crippen molar-refractivity contribution < 1.29 is 9.90 Å². The second-order valence-corrected chi connectivity index (χ2v) is 5.35. The molecule has 0 bridgehead atoms. The first-order valence-corrected chi connectivity index (χ1v) is 6.99. The summed E-state index contributed by atoms with van der Waals surface area (Å²) in [4.78, 5) is 13.6. The second kappa shape index (κ2) is 7.23. The molecule has 2 N–H and O–H groups in total. The lowest BCUT2D eigenvalue weighted by atomic mass is 10.1. The van der Waals surface area contributed by atoms with Crippen molar-refractivity contribution in [3.8, 4) is 0 Å². The van der Waals surface area contributed by atoms with Crippen molar-refractivity contribution in [2.75, 3.05) is 19.6 Å². The molecule has 1 rings (SSSR count). The normalized spacial score (nSPS) is 11.4.